The van der Waals surface area contributed by atoms with Gasteiger partial charge in [0.25, 0.3) is 0 Å². The van der Waals surface area contributed by atoms with Gasteiger partial charge in [-0.25, -0.2) is 0 Å². The number of carboxylic acid groups (broad SMARTS) is 1. The zero-order valence-corrected chi connectivity index (χ0v) is 12.0. The van der Waals surface area contributed by atoms with Gasteiger partial charge in [-0.15, -0.1) is 11.8 Å². The number of hydrogen-bond donors (Lipinski definition) is 3. The average molecular weight is 291 g/mol. The quantitative estimate of drug-likeness (QED) is 0.508. The van der Waals surface area contributed by atoms with Crippen molar-refractivity contribution in [3.05, 3.63) is 0 Å². The molecule has 110 valence electrons. The largest absolute Gasteiger partial charge is 0.480 e. The summed E-state index contributed by atoms with van der Waals surface area (Å²) in [6, 6.07) is -0.976. The third kappa shape index (κ3) is 8.44. The Balaban J connectivity index is 3.87. The number of nitrogens with zero attached hydrogens (tertiary/aromatic N) is 1. The highest BCUT2D eigenvalue weighted by molar-refractivity contribution is 8.00. The van der Waals surface area contributed by atoms with Gasteiger partial charge in [0.05, 0.1) is 12.3 Å². The molecule has 0 aliphatic rings. The van der Waals surface area contributed by atoms with Crippen LogP contribution in [-0.2, 0) is 14.4 Å². The van der Waals surface area contributed by atoms with Gasteiger partial charge in [-0.1, -0.05) is 6.92 Å². The molecule has 0 heterocycles. The smallest absolute Gasteiger partial charge is 0.321 e. The van der Waals surface area contributed by atoms with Gasteiger partial charge in [-0.3, -0.25) is 14.4 Å². The van der Waals surface area contributed by atoms with Gasteiger partial charge in [0.1, 0.15) is 6.04 Å². The Kier molecular flexibility index (Phi) is 8.98. The summed E-state index contributed by atoms with van der Waals surface area (Å²) in [5, 5.41) is 11.2. The highest BCUT2D eigenvalue weighted by atomic mass is 32.2. The Hall–Kier alpha value is -1.28. The van der Waals surface area contributed by atoms with Crippen LogP contribution in [0.3, 0.4) is 0 Å². The summed E-state index contributed by atoms with van der Waals surface area (Å²) < 4.78 is 0. The van der Waals surface area contributed by atoms with E-state index in [4.69, 9.17) is 10.8 Å². The number of likely N-dealkylation sites (N-methyl/N-ethyl adjacent to an activating group) is 1. The number of nitrogens with two attached hydrogens (primary N) is 1. The minimum absolute atomic E-state index is 0.00434. The lowest BCUT2D eigenvalue weighted by atomic mass is 10.4. The molecule has 0 unspecified atom stereocenters. The van der Waals surface area contributed by atoms with Crippen LogP contribution in [0.2, 0.25) is 0 Å². The molecule has 0 bridgehead atoms. The molecule has 0 saturated heterocycles. The molecule has 2 amide bonds. The second-order valence-electron chi connectivity index (χ2n) is 4.06. The molecule has 0 spiro atoms. The van der Waals surface area contributed by atoms with Crippen LogP contribution in [0.15, 0.2) is 0 Å². The van der Waals surface area contributed by atoms with E-state index in [0.717, 1.165) is 18.2 Å². The van der Waals surface area contributed by atoms with E-state index in [1.54, 1.807) is 0 Å². The number of carboxylic acids is 1. The first-order valence-corrected chi connectivity index (χ1v) is 7.10. The predicted molar refractivity (Wildman–Crippen MR) is 73.9 cm³/mol. The molecule has 4 N–H and O–H groups in total. The maximum atomic E-state index is 11.6. The fraction of sp³-hybridized carbons (Fsp3) is 0.727. The van der Waals surface area contributed by atoms with E-state index < -0.39 is 12.0 Å². The van der Waals surface area contributed by atoms with Crippen molar-refractivity contribution in [1.29, 1.82) is 0 Å². The first-order valence-electron chi connectivity index (χ1n) is 5.95. The average Bonchev–Trinajstić information content (AvgIpc) is 2.35. The summed E-state index contributed by atoms with van der Waals surface area (Å²) in [5.41, 5.74) is 5.31. The Morgan fingerprint density at radius 3 is 2.58 bits per heavy atom. The second-order valence-corrected chi connectivity index (χ2v) is 5.09. The third-order valence-corrected chi connectivity index (χ3v) is 3.26. The minimum atomic E-state index is -1.09. The summed E-state index contributed by atoms with van der Waals surface area (Å²) in [6.45, 7) is 2.53. The molecule has 0 rings (SSSR count). The molecule has 0 aromatic heterocycles. The van der Waals surface area contributed by atoms with Crippen molar-refractivity contribution in [2.24, 2.45) is 5.73 Å². The van der Waals surface area contributed by atoms with E-state index in [1.165, 1.54) is 11.9 Å². The van der Waals surface area contributed by atoms with Crippen LogP contribution < -0.4 is 11.1 Å². The molecule has 0 aliphatic heterocycles. The lowest BCUT2D eigenvalue weighted by Crippen LogP contribution is -2.39. The molecule has 19 heavy (non-hydrogen) atoms. The SMILES string of the molecule is CCCNC(=O)CN(C)C(=O)CSC[C@@H](N)C(=O)O. The summed E-state index contributed by atoms with van der Waals surface area (Å²) in [7, 11) is 1.53. The molecule has 0 radical (unpaired) electrons. The summed E-state index contributed by atoms with van der Waals surface area (Å²) >= 11 is 1.14. The summed E-state index contributed by atoms with van der Waals surface area (Å²) in [4.78, 5) is 34.8. The monoisotopic (exact) mass is 291 g/mol. The van der Waals surface area contributed by atoms with Crippen molar-refractivity contribution in [2.75, 3.05) is 31.6 Å². The second kappa shape index (κ2) is 9.62. The Labute approximate surface area is 116 Å². The molecule has 0 aromatic rings. The number of hydrogen-bond acceptors (Lipinski definition) is 5. The topological polar surface area (TPSA) is 113 Å². The molecular formula is C11H21N3O4S. The van der Waals surface area contributed by atoms with Crippen LogP contribution in [0.25, 0.3) is 0 Å². The fourth-order valence-electron chi connectivity index (χ4n) is 1.08. The highest BCUT2D eigenvalue weighted by Gasteiger charge is 2.15. The van der Waals surface area contributed by atoms with Gasteiger partial charge in [0, 0.05) is 19.3 Å². The van der Waals surface area contributed by atoms with E-state index in [2.05, 4.69) is 5.32 Å². The number of thioether (sulfide) groups is 1. The normalized spacial score (nSPS) is 11.7. The summed E-state index contributed by atoms with van der Waals surface area (Å²) in [6.07, 6.45) is 0.840. The van der Waals surface area contributed by atoms with Crippen LogP contribution in [0.4, 0.5) is 0 Å². The lowest BCUT2D eigenvalue weighted by Gasteiger charge is -2.16. The van der Waals surface area contributed by atoms with Crippen molar-refractivity contribution in [3.63, 3.8) is 0 Å². The van der Waals surface area contributed by atoms with E-state index in [1.807, 2.05) is 6.92 Å². The zero-order valence-electron chi connectivity index (χ0n) is 11.2. The molecule has 0 saturated carbocycles. The van der Waals surface area contributed by atoms with E-state index >= 15 is 0 Å². The van der Waals surface area contributed by atoms with Crippen molar-refractivity contribution in [3.8, 4) is 0 Å². The Morgan fingerprint density at radius 2 is 2.05 bits per heavy atom. The van der Waals surface area contributed by atoms with Crippen molar-refractivity contribution < 1.29 is 19.5 Å². The first kappa shape index (κ1) is 17.7. The molecule has 0 fully saturated rings. The Bertz CT molecular complexity index is 325. The molecule has 7 nitrogen and oxygen atoms in total. The van der Waals surface area contributed by atoms with Crippen LogP contribution in [0.5, 0.6) is 0 Å². The minimum Gasteiger partial charge on any atom is -0.480 e. The van der Waals surface area contributed by atoms with Gasteiger partial charge in [0.2, 0.25) is 11.8 Å². The molecule has 1 atom stereocenters. The summed E-state index contributed by atoms with van der Waals surface area (Å²) in [5.74, 6) is -1.25. The van der Waals surface area contributed by atoms with E-state index in [9.17, 15) is 14.4 Å². The van der Waals surface area contributed by atoms with Crippen molar-refractivity contribution in [2.45, 2.75) is 19.4 Å². The maximum absolute atomic E-state index is 11.6. The Morgan fingerprint density at radius 1 is 1.42 bits per heavy atom. The number of amides is 2. The highest BCUT2D eigenvalue weighted by Crippen LogP contribution is 2.03. The fourth-order valence-corrected chi connectivity index (χ4v) is 1.99. The number of carbonyl (C=O) groups excluding carboxylic acids is 2. The lowest BCUT2D eigenvalue weighted by molar-refractivity contribution is -0.138. The first-order chi connectivity index (χ1) is 8.88. The van der Waals surface area contributed by atoms with Gasteiger partial charge >= 0.3 is 5.97 Å². The standard InChI is InChI=1S/C11H21N3O4S/c1-3-4-13-9(15)5-14(2)10(16)7-19-6-8(12)11(17)18/h8H,3-7,12H2,1-2H3,(H,13,15)(H,17,18)/t8-/m1/s1. The van der Waals surface area contributed by atoms with E-state index in [-0.39, 0.29) is 29.9 Å². The van der Waals surface area contributed by atoms with Gasteiger partial charge < -0.3 is 21.1 Å². The zero-order chi connectivity index (χ0) is 14.8. The molecular weight excluding hydrogens is 270 g/mol. The number of aliphatic carboxylic acids is 1. The molecule has 0 aliphatic carbocycles. The third-order valence-electron chi connectivity index (χ3n) is 2.22. The van der Waals surface area contributed by atoms with E-state index in [0.29, 0.717) is 6.54 Å². The molecule has 8 heteroatoms. The molecule has 0 aromatic carbocycles. The van der Waals surface area contributed by atoms with Crippen LogP contribution in [-0.4, -0.2) is 65.5 Å². The van der Waals surface area contributed by atoms with Gasteiger partial charge in [0.15, 0.2) is 0 Å². The van der Waals surface area contributed by atoms with Crippen molar-refractivity contribution in [1.82, 2.24) is 10.2 Å². The predicted octanol–water partition coefficient (Wildman–Crippen LogP) is -0.884. The number of carbonyl (C=O) groups is 3. The number of nitrogens with one attached hydrogen (secondary N) is 1. The number of rotatable bonds is 9. The van der Waals surface area contributed by atoms with Gasteiger partial charge in [-0.2, -0.15) is 0 Å². The van der Waals surface area contributed by atoms with Crippen molar-refractivity contribution >= 4 is 29.5 Å². The maximum Gasteiger partial charge on any atom is 0.321 e. The van der Waals surface area contributed by atoms with Crippen LogP contribution >= 0.6 is 11.8 Å². The van der Waals surface area contributed by atoms with Gasteiger partial charge in [-0.05, 0) is 6.42 Å². The van der Waals surface area contributed by atoms with Crippen LogP contribution in [0.1, 0.15) is 13.3 Å². The van der Waals surface area contributed by atoms with Crippen LogP contribution in [0, 0.1) is 0 Å².